The molecule has 0 rings (SSSR count). The Kier molecular flexibility index (Phi) is 9.35. The number of nitrogens with one attached hydrogen (secondary N) is 1. The van der Waals surface area contributed by atoms with Crippen LogP contribution in [0.4, 0.5) is 0 Å². The van der Waals surface area contributed by atoms with Crippen molar-refractivity contribution < 1.29 is 9.84 Å². The van der Waals surface area contributed by atoms with Gasteiger partial charge in [0.05, 0.1) is 6.61 Å². The summed E-state index contributed by atoms with van der Waals surface area (Å²) >= 11 is 0. The van der Waals surface area contributed by atoms with Crippen LogP contribution in [0.3, 0.4) is 0 Å². The fourth-order valence-corrected chi connectivity index (χ4v) is 1.47. The molecule has 1 atom stereocenters. The Bertz CT molecular complexity index is 118. The van der Waals surface area contributed by atoms with Gasteiger partial charge in [0.1, 0.15) is 0 Å². The summed E-state index contributed by atoms with van der Waals surface area (Å²) in [5, 5.41) is 12.4. The molecule has 0 bridgehead atoms. The highest BCUT2D eigenvalue weighted by Gasteiger charge is 2.07. The maximum atomic E-state index is 9.09. The predicted octanol–water partition coefficient (Wildman–Crippen LogP) is 1.41. The van der Waals surface area contributed by atoms with Crippen molar-refractivity contribution in [3.05, 3.63) is 0 Å². The Balaban J connectivity index is 3.33. The lowest BCUT2D eigenvalue weighted by atomic mass is 10.0. The zero-order chi connectivity index (χ0) is 10.8. The van der Waals surface area contributed by atoms with Crippen LogP contribution in [0.2, 0.25) is 0 Å². The van der Waals surface area contributed by atoms with Gasteiger partial charge in [-0.15, -0.1) is 0 Å². The van der Waals surface area contributed by atoms with Gasteiger partial charge in [-0.1, -0.05) is 13.8 Å². The topological polar surface area (TPSA) is 41.5 Å². The number of methoxy groups -OCH3 is 1. The zero-order valence-corrected chi connectivity index (χ0v) is 9.75. The molecule has 0 aromatic carbocycles. The first-order valence-corrected chi connectivity index (χ1v) is 5.53. The number of aliphatic hydroxyl groups is 1. The molecule has 0 aromatic heterocycles. The van der Waals surface area contributed by atoms with Crippen LogP contribution >= 0.6 is 0 Å². The molecule has 0 aliphatic rings. The summed E-state index contributed by atoms with van der Waals surface area (Å²) < 4.78 is 4.96. The quantitative estimate of drug-likeness (QED) is 0.557. The van der Waals surface area contributed by atoms with E-state index in [-0.39, 0.29) is 12.6 Å². The third kappa shape index (κ3) is 8.48. The van der Waals surface area contributed by atoms with Crippen molar-refractivity contribution in [2.45, 2.75) is 39.2 Å². The smallest absolute Gasteiger partial charge is 0.0584 e. The van der Waals surface area contributed by atoms with E-state index in [2.05, 4.69) is 19.2 Å². The standard InChI is InChI=1S/C11H25NO2/c1-10(2)8-11(9-13)12-6-4-5-7-14-3/h10-13H,4-9H2,1-3H3. The molecule has 0 aliphatic carbocycles. The van der Waals surface area contributed by atoms with Gasteiger partial charge in [0, 0.05) is 19.8 Å². The third-order valence-corrected chi connectivity index (χ3v) is 2.18. The van der Waals surface area contributed by atoms with Gasteiger partial charge < -0.3 is 15.2 Å². The van der Waals surface area contributed by atoms with E-state index in [1.165, 1.54) is 0 Å². The van der Waals surface area contributed by atoms with E-state index in [9.17, 15) is 0 Å². The van der Waals surface area contributed by atoms with Crippen molar-refractivity contribution >= 4 is 0 Å². The highest BCUT2D eigenvalue weighted by atomic mass is 16.5. The Morgan fingerprint density at radius 1 is 1.29 bits per heavy atom. The summed E-state index contributed by atoms with van der Waals surface area (Å²) in [6.45, 7) is 6.39. The summed E-state index contributed by atoms with van der Waals surface area (Å²) in [6.07, 6.45) is 3.24. The van der Waals surface area contributed by atoms with Crippen LogP contribution in [0.25, 0.3) is 0 Å². The van der Waals surface area contributed by atoms with Crippen molar-refractivity contribution in [3.8, 4) is 0 Å². The van der Waals surface area contributed by atoms with Crippen LogP contribution in [0.5, 0.6) is 0 Å². The summed E-state index contributed by atoms with van der Waals surface area (Å²) in [5.41, 5.74) is 0. The molecule has 3 nitrogen and oxygen atoms in total. The first kappa shape index (κ1) is 13.9. The maximum Gasteiger partial charge on any atom is 0.0584 e. The summed E-state index contributed by atoms with van der Waals surface area (Å²) in [4.78, 5) is 0. The highest BCUT2D eigenvalue weighted by Crippen LogP contribution is 2.04. The predicted molar refractivity (Wildman–Crippen MR) is 59.4 cm³/mol. The molecule has 14 heavy (non-hydrogen) atoms. The Morgan fingerprint density at radius 2 is 2.00 bits per heavy atom. The minimum Gasteiger partial charge on any atom is -0.395 e. The van der Waals surface area contributed by atoms with Crippen molar-refractivity contribution in [3.63, 3.8) is 0 Å². The van der Waals surface area contributed by atoms with Gasteiger partial charge in [0.2, 0.25) is 0 Å². The largest absolute Gasteiger partial charge is 0.395 e. The van der Waals surface area contributed by atoms with E-state index in [4.69, 9.17) is 9.84 Å². The van der Waals surface area contributed by atoms with Gasteiger partial charge in [-0.3, -0.25) is 0 Å². The minimum absolute atomic E-state index is 0.239. The second-order valence-corrected chi connectivity index (χ2v) is 4.16. The van der Waals surface area contributed by atoms with Crippen LogP contribution < -0.4 is 5.32 Å². The van der Waals surface area contributed by atoms with Crippen molar-refractivity contribution in [1.82, 2.24) is 5.32 Å². The average Bonchev–Trinajstić information content (AvgIpc) is 2.15. The number of unbranched alkanes of at least 4 members (excludes halogenated alkanes) is 1. The van der Waals surface area contributed by atoms with Crippen molar-refractivity contribution in [2.75, 3.05) is 26.9 Å². The van der Waals surface area contributed by atoms with Gasteiger partial charge >= 0.3 is 0 Å². The molecule has 0 aliphatic heterocycles. The summed E-state index contributed by atoms with van der Waals surface area (Å²) in [7, 11) is 1.72. The van der Waals surface area contributed by atoms with Crippen molar-refractivity contribution in [2.24, 2.45) is 5.92 Å². The second-order valence-electron chi connectivity index (χ2n) is 4.16. The molecule has 1 unspecified atom stereocenters. The average molecular weight is 203 g/mol. The third-order valence-electron chi connectivity index (χ3n) is 2.18. The Morgan fingerprint density at radius 3 is 2.50 bits per heavy atom. The number of ether oxygens (including phenoxy) is 1. The maximum absolute atomic E-state index is 9.09. The highest BCUT2D eigenvalue weighted by molar-refractivity contribution is 4.66. The van der Waals surface area contributed by atoms with E-state index >= 15 is 0 Å². The van der Waals surface area contributed by atoms with Gasteiger partial charge in [0.25, 0.3) is 0 Å². The summed E-state index contributed by atoms with van der Waals surface area (Å²) in [6, 6.07) is 0.262. The van der Waals surface area contributed by atoms with Gasteiger partial charge in [0.15, 0.2) is 0 Å². The number of aliphatic hydroxyl groups excluding tert-OH is 1. The van der Waals surface area contributed by atoms with E-state index in [0.717, 1.165) is 32.4 Å². The first-order chi connectivity index (χ1) is 6.70. The lowest BCUT2D eigenvalue weighted by Gasteiger charge is -2.18. The molecule has 3 heteroatoms. The SMILES string of the molecule is COCCCCNC(CO)CC(C)C. The molecule has 0 fully saturated rings. The molecule has 0 amide bonds. The van der Waals surface area contributed by atoms with Gasteiger partial charge in [-0.25, -0.2) is 0 Å². The number of rotatable bonds is 9. The van der Waals surface area contributed by atoms with Gasteiger partial charge in [-0.05, 0) is 31.7 Å². The molecule has 0 saturated carbocycles. The van der Waals surface area contributed by atoms with E-state index in [0.29, 0.717) is 5.92 Å². The minimum atomic E-state index is 0.239. The van der Waals surface area contributed by atoms with Crippen LogP contribution in [-0.2, 0) is 4.74 Å². The molecule has 0 heterocycles. The van der Waals surface area contributed by atoms with Crippen LogP contribution in [0, 0.1) is 5.92 Å². The van der Waals surface area contributed by atoms with Crippen LogP contribution in [-0.4, -0.2) is 38.0 Å². The van der Waals surface area contributed by atoms with Gasteiger partial charge in [-0.2, -0.15) is 0 Å². The summed E-state index contributed by atoms with van der Waals surface area (Å²) in [5.74, 6) is 0.638. The molecule has 0 saturated heterocycles. The molecule has 86 valence electrons. The first-order valence-electron chi connectivity index (χ1n) is 5.53. The second kappa shape index (κ2) is 9.44. The van der Waals surface area contributed by atoms with E-state index in [1.807, 2.05) is 0 Å². The van der Waals surface area contributed by atoms with E-state index < -0.39 is 0 Å². The number of hydrogen-bond donors (Lipinski definition) is 2. The fraction of sp³-hybridized carbons (Fsp3) is 1.00. The molecular weight excluding hydrogens is 178 g/mol. The zero-order valence-electron chi connectivity index (χ0n) is 9.75. The lowest BCUT2D eigenvalue weighted by molar-refractivity contribution is 0.189. The molecule has 0 radical (unpaired) electrons. The van der Waals surface area contributed by atoms with Crippen LogP contribution in [0.15, 0.2) is 0 Å². The normalized spacial score (nSPS) is 13.5. The molecule has 0 spiro atoms. The van der Waals surface area contributed by atoms with Crippen molar-refractivity contribution in [1.29, 1.82) is 0 Å². The lowest BCUT2D eigenvalue weighted by Crippen LogP contribution is -2.34. The molecule has 0 aromatic rings. The molecule has 2 N–H and O–H groups in total. The monoisotopic (exact) mass is 203 g/mol. The Labute approximate surface area is 87.8 Å². The fourth-order valence-electron chi connectivity index (χ4n) is 1.47. The molecular formula is C11H25NO2. The van der Waals surface area contributed by atoms with Crippen LogP contribution in [0.1, 0.15) is 33.1 Å². The van der Waals surface area contributed by atoms with E-state index in [1.54, 1.807) is 7.11 Å². The number of hydrogen-bond acceptors (Lipinski definition) is 3. The Hall–Kier alpha value is -0.120.